The maximum Gasteiger partial charge on any atom is 0.0454 e. The SMILES string of the molecule is CCCCN1CCC[C@@H]1c1ccc2[nH]ccc2c1. The number of nitrogens with one attached hydrogen (secondary N) is 1. The number of aromatic nitrogens is 1. The summed E-state index contributed by atoms with van der Waals surface area (Å²) in [4.78, 5) is 5.93. The van der Waals surface area contributed by atoms with Crippen LogP contribution in [-0.2, 0) is 0 Å². The highest BCUT2D eigenvalue weighted by atomic mass is 15.2. The van der Waals surface area contributed by atoms with E-state index in [-0.39, 0.29) is 0 Å². The number of rotatable bonds is 4. The zero-order valence-corrected chi connectivity index (χ0v) is 11.2. The molecule has 0 saturated carbocycles. The number of hydrogen-bond acceptors (Lipinski definition) is 1. The second-order valence-corrected chi connectivity index (χ2v) is 5.37. The van der Waals surface area contributed by atoms with Crippen molar-refractivity contribution in [2.24, 2.45) is 0 Å². The number of H-pyrrole nitrogens is 1. The minimum Gasteiger partial charge on any atom is -0.361 e. The highest BCUT2D eigenvalue weighted by Gasteiger charge is 2.25. The van der Waals surface area contributed by atoms with E-state index in [1.54, 1.807) is 0 Å². The zero-order valence-electron chi connectivity index (χ0n) is 11.2. The number of benzene rings is 1. The van der Waals surface area contributed by atoms with Crippen molar-refractivity contribution in [3.05, 3.63) is 36.0 Å². The van der Waals surface area contributed by atoms with Gasteiger partial charge in [-0.15, -0.1) is 0 Å². The van der Waals surface area contributed by atoms with Gasteiger partial charge in [0, 0.05) is 17.8 Å². The lowest BCUT2D eigenvalue weighted by atomic mass is 10.0. The highest BCUT2D eigenvalue weighted by molar-refractivity contribution is 5.80. The Balaban J connectivity index is 1.83. The Labute approximate surface area is 109 Å². The van der Waals surface area contributed by atoms with Gasteiger partial charge in [-0.3, -0.25) is 4.90 Å². The van der Waals surface area contributed by atoms with Crippen LogP contribution in [0.15, 0.2) is 30.5 Å². The van der Waals surface area contributed by atoms with Crippen molar-refractivity contribution >= 4 is 10.9 Å². The van der Waals surface area contributed by atoms with Crippen LogP contribution in [0.25, 0.3) is 10.9 Å². The first-order valence-electron chi connectivity index (χ1n) is 7.19. The second kappa shape index (κ2) is 5.15. The Kier molecular flexibility index (Phi) is 3.37. The van der Waals surface area contributed by atoms with Gasteiger partial charge >= 0.3 is 0 Å². The third-order valence-electron chi connectivity index (χ3n) is 4.12. The minimum atomic E-state index is 0.649. The molecule has 2 heteroatoms. The van der Waals surface area contributed by atoms with Gasteiger partial charge in [0.2, 0.25) is 0 Å². The van der Waals surface area contributed by atoms with Gasteiger partial charge in [0.05, 0.1) is 0 Å². The number of likely N-dealkylation sites (tertiary alicyclic amines) is 1. The van der Waals surface area contributed by atoms with Crippen LogP contribution >= 0.6 is 0 Å². The number of nitrogens with zero attached hydrogens (tertiary/aromatic N) is 1. The van der Waals surface area contributed by atoms with Crippen LogP contribution in [0.2, 0.25) is 0 Å². The molecule has 1 aromatic heterocycles. The summed E-state index contributed by atoms with van der Waals surface area (Å²) >= 11 is 0. The van der Waals surface area contributed by atoms with Crippen LogP contribution in [0.5, 0.6) is 0 Å². The topological polar surface area (TPSA) is 19.0 Å². The summed E-state index contributed by atoms with van der Waals surface area (Å²) in [5.41, 5.74) is 2.74. The summed E-state index contributed by atoms with van der Waals surface area (Å²) < 4.78 is 0. The van der Waals surface area contributed by atoms with E-state index in [4.69, 9.17) is 0 Å². The van der Waals surface area contributed by atoms with E-state index in [0.29, 0.717) is 6.04 Å². The Morgan fingerprint density at radius 1 is 1.33 bits per heavy atom. The first-order valence-corrected chi connectivity index (χ1v) is 7.19. The van der Waals surface area contributed by atoms with Crippen molar-refractivity contribution in [2.45, 2.75) is 38.6 Å². The van der Waals surface area contributed by atoms with Crippen molar-refractivity contribution in [2.75, 3.05) is 13.1 Å². The molecule has 2 aromatic rings. The van der Waals surface area contributed by atoms with Crippen LogP contribution in [-0.4, -0.2) is 23.0 Å². The lowest BCUT2D eigenvalue weighted by Gasteiger charge is -2.24. The van der Waals surface area contributed by atoms with Crippen LogP contribution in [0.1, 0.15) is 44.2 Å². The van der Waals surface area contributed by atoms with Gasteiger partial charge in [-0.2, -0.15) is 0 Å². The van der Waals surface area contributed by atoms with Gasteiger partial charge in [-0.1, -0.05) is 19.4 Å². The molecule has 0 bridgehead atoms. The van der Waals surface area contributed by atoms with Crippen molar-refractivity contribution in [1.82, 2.24) is 9.88 Å². The lowest BCUT2D eigenvalue weighted by molar-refractivity contribution is 0.253. The van der Waals surface area contributed by atoms with Crippen LogP contribution < -0.4 is 0 Å². The average molecular weight is 242 g/mol. The normalized spacial score (nSPS) is 20.8. The summed E-state index contributed by atoms with van der Waals surface area (Å²) in [5, 5.41) is 1.34. The lowest BCUT2D eigenvalue weighted by Crippen LogP contribution is -2.24. The smallest absolute Gasteiger partial charge is 0.0454 e. The number of unbranched alkanes of at least 4 members (excludes halogenated alkanes) is 1. The Hall–Kier alpha value is -1.28. The molecule has 2 heterocycles. The molecule has 1 N–H and O–H groups in total. The molecule has 18 heavy (non-hydrogen) atoms. The average Bonchev–Trinajstić information content (AvgIpc) is 3.03. The molecule has 1 atom stereocenters. The molecule has 2 nitrogen and oxygen atoms in total. The molecule has 3 rings (SSSR count). The first-order chi connectivity index (χ1) is 8.88. The first kappa shape index (κ1) is 11.8. The molecule has 1 saturated heterocycles. The predicted octanol–water partition coefficient (Wildman–Crippen LogP) is 4.10. The second-order valence-electron chi connectivity index (χ2n) is 5.37. The molecule has 0 amide bonds. The molecule has 1 fully saturated rings. The molecule has 0 spiro atoms. The van der Waals surface area contributed by atoms with E-state index in [1.807, 2.05) is 6.20 Å². The van der Waals surface area contributed by atoms with E-state index >= 15 is 0 Å². The van der Waals surface area contributed by atoms with Gasteiger partial charge in [0.15, 0.2) is 0 Å². The molecular formula is C16H22N2. The standard InChI is InChI=1S/C16H22N2/c1-2-3-10-18-11-4-5-16(18)14-6-7-15-13(12-14)8-9-17-15/h6-9,12,16-17H,2-5,10-11H2,1H3/t16-/m1/s1. The largest absolute Gasteiger partial charge is 0.361 e. The van der Waals surface area contributed by atoms with E-state index in [0.717, 1.165) is 0 Å². The Morgan fingerprint density at radius 2 is 2.28 bits per heavy atom. The fourth-order valence-corrected chi connectivity index (χ4v) is 3.11. The monoisotopic (exact) mass is 242 g/mol. The molecule has 1 aromatic carbocycles. The summed E-state index contributed by atoms with van der Waals surface area (Å²) in [7, 11) is 0. The van der Waals surface area contributed by atoms with E-state index in [2.05, 4.69) is 41.1 Å². The zero-order chi connectivity index (χ0) is 12.4. The highest BCUT2D eigenvalue weighted by Crippen LogP contribution is 2.33. The molecule has 96 valence electrons. The van der Waals surface area contributed by atoms with Crippen LogP contribution in [0.4, 0.5) is 0 Å². The number of hydrogen-bond donors (Lipinski definition) is 1. The van der Waals surface area contributed by atoms with E-state index in [1.165, 1.54) is 55.2 Å². The molecule has 0 radical (unpaired) electrons. The van der Waals surface area contributed by atoms with Crippen molar-refractivity contribution in [1.29, 1.82) is 0 Å². The minimum absolute atomic E-state index is 0.649. The third kappa shape index (κ3) is 2.17. The Bertz CT molecular complexity index is 515. The molecule has 0 aliphatic carbocycles. The third-order valence-corrected chi connectivity index (χ3v) is 4.12. The Morgan fingerprint density at radius 3 is 3.17 bits per heavy atom. The number of fused-ring (bicyclic) bond motifs is 1. The van der Waals surface area contributed by atoms with Gasteiger partial charge < -0.3 is 4.98 Å². The molecular weight excluding hydrogens is 220 g/mol. The summed E-state index contributed by atoms with van der Waals surface area (Å²) in [6.07, 6.45) is 7.31. The fourth-order valence-electron chi connectivity index (χ4n) is 3.11. The van der Waals surface area contributed by atoms with Crippen LogP contribution in [0.3, 0.4) is 0 Å². The fraction of sp³-hybridized carbons (Fsp3) is 0.500. The van der Waals surface area contributed by atoms with Gasteiger partial charge in [0.25, 0.3) is 0 Å². The quantitative estimate of drug-likeness (QED) is 0.855. The van der Waals surface area contributed by atoms with E-state index in [9.17, 15) is 0 Å². The summed E-state index contributed by atoms with van der Waals surface area (Å²) in [5.74, 6) is 0. The van der Waals surface area contributed by atoms with Gasteiger partial charge in [-0.25, -0.2) is 0 Å². The number of aromatic amines is 1. The van der Waals surface area contributed by atoms with Crippen molar-refractivity contribution in [3.8, 4) is 0 Å². The molecule has 0 unspecified atom stereocenters. The van der Waals surface area contributed by atoms with Gasteiger partial charge in [0.1, 0.15) is 0 Å². The van der Waals surface area contributed by atoms with E-state index < -0.39 is 0 Å². The van der Waals surface area contributed by atoms with Gasteiger partial charge in [-0.05, 0) is 61.5 Å². The summed E-state index contributed by atoms with van der Waals surface area (Å²) in [6.45, 7) is 4.80. The summed E-state index contributed by atoms with van der Waals surface area (Å²) in [6, 6.07) is 9.70. The molecule has 1 aliphatic heterocycles. The van der Waals surface area contributed by atoms with Crippen molar-refractivity contribution in [3.63, 3.8) is 0 Å². The predicted molar refractivity (Wildman–Crippen MR) is 76.8 cm³/mol. The maximum atomic E-state index is 3.27. The molecule has 1 aliphatic rings. The van der Waals surface area contributed by atoms with Crippen molar-refractivity contribution < 1.29 is 0 Å². The van der Waals surface area contributed by atoms with Crippen LogP contribution in [0, 0.1) is 0 Å². The maximum absolute atomic E-state index is 3.27.